The van der Waals surface area contributed by atoms with Gasteiger partial charge in [-0.2, -0.15) is 5.10 Å². The van der Waals surface area contributed by atoms with E-state index in [1.807, 2.05) is 0 Å². The SMILES string of the molecule is Nc1ncnc2cnn(-c3ccc(NC(=O)C(O)c4cc(F)cc(F)c4)cc3Cl)c12. The number of aliphatic hydroxyl groups excluding tert-OH is 1. The number of nitrogen functional groups attached to an aromatic ring is 1. The molecule has 1 unspecified atom stereocenters. The monoisotopic (exact) mass is 430 g/mol. The predicted octanol–water partition coefficient (Wildman–Crippen LogP) is 3.00. The average Bonchev–Trinajstić information content (AvgIpc) is 3.12. The number of fused-ring (bicyclic) bond motifs is 1. The minimum absolute atomic E-state index is 0.215. The molecule has 4 N–H and O–H groups in total. The van der Waals surface area contributed by atoms with Crippen LogP contribution in [-0.2, 0) is 4.79 Å². The molecule has 0 aliphatic heterocycles. The third kappa shape index (κ3) is 3.65. The van der Waals surface area contributed by atoms with Crippen molar-refractivity contribution >= 4 is 40.0 Å². The number of halogens is 3. The molecule has 0 aliphatic rings. The second kappa shape index (κ2) is 7.65. The van der Waals surface area contributed by atoms with Gasteiger partial charge in [-0.05, 0) is 35.9 Å². The van der Waals surface area contributed by atoms with E-state index in [2.05, 4.69) is 20.4 Å². The molecule has 30 heavy (non-hydrogen) atoms. The maximum Gasteiger partial charge on any atom is 0.257 e. The van der Waals surface area contributed by atoms with Gasteiger partial charge in [0.2, 0.25) is 0 Å². The van der Waals surface area contributed by atoms with Crippen LogP contribution in [0.25, 0.3) is 16.7 Å². The van der Waals surface area contributed by atoms with Gasteiger partial charge in [-0.3, -0.25) is 4.79 Å². The number of hydrogen-bond acceptors (Lipinski definition) is 6. The van der Waals surface area contributed by atoms with E-state index in [1.165, 1.54) is 29.3 Å². The first-order valence-electron chi connectivity index (χ1n) is 8.52. The molecule has 0 fully saturated rings. The lowest BCUT2D eigenvalue weighted by molar-refractivity contribution is -0.124. The summed E-state index contributed by atoms with van der Waals surface area (Å²) in [5.41, 5.74) is 7.40. The van der Waals surface area contributed by atoms with Crippen LogP contribution in [0.2, 0.25) is 5.02 Å². The van der Waals surface area contributed by atoms with Crippen LogP contribution in [0, 0.1) is 11.6 Å². The molecule has 2 heterocycles. The summed E-state index contributed by atoms with van der Waals surface area (Å²) < 4.78 is 28.1. The van der Waals surface area contributed by atoms with Gasteiger partial charge in [0.15, 0.2) is 11.9 Å². The van der Waals surface area contributed by atoms with Crippen LogP contribution < -0.4 is 11.1 Å². The maximum absolute atomic E-state index is 13.3. The Morgan fingerprint density at radius 2 is 1.90 bits per heavy atom. The number of aromatic nitrogens is 4. The van der Waals surface area contributed by atoms with E-state index >= 15 is 0 Å². The number of rotatable bonds is 4. The molecule has 2 aromatic carbocycles. The topological polar surface area (TPSA) is 119 Å². The number of anilines is 2. The van der Waals surface area contributed by atoms with Gasteiger partial charge in [-0.25, -0.2) is 23.4 Å². The van der Waals surface area contributed by atoms with E-state index in [1.54, 1.807) is 6.07 Å². The molecule has 1 atom stereocenters. The summed E-state index contributed by atoms with van der Waals surface area (Å²) in [6.45, 7) is 0. The molecule has 0 saturated carbocycles. The van der Waals surface area contributed by atoms with Gasteiger partial charge in [-0.1, -0.05) is 11.6 Å². The summed E-state index contributed by atoms with van der Waals surface area (Å²) in [5, 5.41) is 17.0. The van der Waals surface area contributed by atoms with Crippen molar-refractivity contribution in [1.29, 1.82) is 0 Å². The van der Waals surface area contributed by atoms with Crippen LogP contribution >= 0.6 is 11.6 Å². The van der Waals surface area contributed by atoms with Gasteiger partial charge < -0.3 is 16.2 Å². The Morgan fingerprint density at radius 3 is 2.60 bits per heavy atom. The van der Waals surface area contributed by atoms with E-state index in [-0.39, 0.29) is 22.1 Å². The molecule has 4 rings (SSSR count). The number of benzene rings is 2. The molecule has 0 radical (unpaired) electrons. The number of nitrogens with zero attached hydrogens (tertiary/aromatic N) is 4. The van der Waals surface area contributed by atoms with Gasteiger partial charge >= 0.3 is 0 Å². The fourth-order valence-corrected chi connectivity index (χ4v) is 3.18. The van der Waals surface area contributed by atoms with E-state index in [0.29, 0.717) is 22.8 Å². The highest BCUT2D eigenvalue weighted by Crippen LogP contribution is 2.28. The molecule has 8 nitrogen and oxygen atoms in total. The van der Waals surface area contributed by atoms with Crippen LogP contribution in [0.3, 0.4) is 0 Å². The van der Waals surface area contributed by atoms with Crippen LogP contribution in [-0.4, -0.2) is 30.8 Å². The summed E-state index contributed by atoms with van der Waals surface area (Å²) in [7, 11) is 0. The summed E-state index contributed by atoms with van der Waals surface area (Å²) in [4.78, 5) is 20.3. The Hall–Kier alpha value is -3.63. The third-order valence-corrected chi connectivity index (χ3v) is 4.58. The van der Waals surface area contributed by atoms with Gasteiger partial charge in [0, 0.05) is 11.8 Å². The zero-order valence-electron chi connectivity index (χ0n) is 15.1. The van der Waals surface area contributed by atoms with Crippen molar-refractivity contribution < 1.29 is 18.7 Å². The number of amides is 1. The zero-order valence-corrected chi connectivity index (χ0v) is 15.8. The van der Waals surface area contributed by atoms with Gasteiger partial charge in [0.25, 0.3) is 5.91 Å². The van der Waals surface area contributed by atoms with E-state index < -0.39 is 23.6 Å². The Labute approximate surface area is 172 Å². The lowest BCUT2D eigenvalue weighted by Gasteiger charge is -2.13. The van der Waals surface area contributed by atoms with Gasteiger partial charge in [0.1, 0.15) is 29.0 Å². The Bertz CT molecular complexity index is 1260. The fourth-order valence-electron chi connectivity index (χ4n) is 2.92. The Morgan fingerprint density at radius 1 is 1.17 bits per heavy atom. The third-order valence-electron chi connectivity index (χ3n) is 4.28. The summed E-state index contributed by atoms with van der Waals surface area (Å²) in [6.07, 6.45) is 1.05. The smallest absolute Gasteiger partial charge is 0.257 e. The number of hydrogen-bond donors (Lipinski definition) is 3. The van der Waals surface area contributed by atoms with Crippen molar-refractivity contribution in [2.24, 2.45) is 0 Å². The highest BCUT2D eigenvalue weighted by molar-refractivity contribution is 6.32. The van der Waals surface area contributed by atoms with Crippen LogP contribution in [0.5, 0.6) is 0 Å². The van der Waals surface area contributed by atoms with Crippen molar-refractivity contribution in [3.05, 3.63) is 71.1 Å². The molecule has 0 spiro atoms. The number of nitrogens with two attached hydrogens (primary N) is 1. The summed E-state index contributed by atoms with van der Waals surface area (Å²) >= 11 is 6.34. The number of aliphatic hydroxyl groups is 1. The minimum atomic E-state index is -1.78. The van der Waals surface area contributed by atoms with Crippen molar-refractivity contribution in [3.63, 3.8) is 0 Å². The average molecular weight is 431 g/mol. The normalized spacial score (nSPS) is 12.1. The molecule has 0 saturated heterocycles. The molecular formula is C19H13ClF2N6O2. The molecule has 1 amide bonds. The quantitative estimate of drug-likeness (QED) is 0.458. The number of nitrogens with one attached hydrogen (secondary N) is 1. The lowest BCUT2D eigenvalue weighted by Crippen LogP contribution is -2.21. The number of carbonyl (C=O) groups is 1. The summed E-state index contributed by atoms with van der Waals surface area (Å²) in [6, 6.07) is 6.92. The fraction of sp³-hybridized carbons (Fsp3) is 0.0526. The molecule has 0 bridgehead atoms. The molecule has 11 heteroatoms. The van der Waals surface area contributed by atoms with E-state index in [9.17, 15) is 18.7 Å². The van der Waals surface area contributed by atoms with Gasteiger partial charge in [-0.15, -0.1) is 0 Å². The first-order valence-corrected chi connectivity index (χ1v) is 8.90. The molecule has 152 valence electrons. The van der Waals surface area contributed by atoms with Crippen LogP contribution in [0.1, 0.15) is 11.7 Å². The molecule has 4 aromatic rings. The van der Waals surface area contributed by atoms with E-state index in [4.69, 9.17) is 17.3 Å². The van der Waals surface area contributed by atoms with Crippen molar-refractivity contribution in [1.82, 2.24) is 19.7 Å². The Kier molecular flexibility index (Phi) is 5.02. The predicted molar refractivity (Wildman–Crippen MR) is 106 cm³/mol. The van der Waals surface area contributed by atoms with E-state index in [0.717, 1.165) is 12.1 Å². The molecule has 0 aliphatic carbocycles. The highest BCUT2D eigenvalue weighted by Gasteiger charge is 2.20. The van der Waals surface area contributed by atoms with Crippen LogP contribution in [0.4, 0.5) is 20.3 Å². The second-order valence-electron chi connectivity index (χ2n) is 6.31. The lowest BCUT2D eigenvalue weighted by atomic mass is 10.1. The summed E-state index contributed by atoms with van der Waals surface area (Å²) in [5.74, 6) is -2.47. The van der Waals surface area contributed by atoms with Crippen molar-refractivity contribution in [2.75, 3.05) is 11.1 Å². The first-order chi connectivity index (χ1) is 14.3. The maximum atomic E-state index is 13.3. The number of carbonyl (C=O) groups excluding carboxylic acids is 1. The Balaban J connectivity index is 1.59. The second-order valence-corrected chi connectivity index (χ2v) is 6.72. The zero-order chi connectivity index (χ0) is 21.4. The van der Waals surface area contributed by atoms with Crippen molar-refractivity contribution in [3.8, 4) is 5.69 Å². The molecular weight excluding hydrogens is 418 g/mol. The van der Waals surface area contributed by atoms with Gasteiger partial charge in [0.05, 0.1) is 16.9 Å². The first kappa shape index (κ1) is 19.7. The highest BCUT2D eigenvalue weighted by atomic mass is 35.5. The standard InChI is InChI=1S/C19H13ClF2N6O2/c20-13-6-12(27-19(30)17(29)9-3-10(21)5-11(22)4-9)1-2-15(13)28-16-14(7-26-28)24-8-25-18(16)23/h1-8,17,29H,(H,27,30)(H2,23,24,25). The van der Waals surface area contributed by atoms with Crippen LogP contribution in [0.15, 0.2) is 48.9 Å². The largest absolute Gasteiger partial charge is 0.382 e. The minimum Gasteiger partial charge on any atom is -0.382 e. The van der Waals surface area contributed by atoms with Crippen molar-refractivity contribution in [2.45, 2.75) is 6.10 Å². The molecule has 2 aromatic heterocycles.